The molecule has 1 amide bonds. The van der Waals surface area contributed by atoms with Crippen LogP contribution in [-0.2, 0) is 9.57 Å². The second kappa shape index (κ2) is 10.6. The van der Waals surface area contributed by atoms with Crippen LogP contribution in [0.1, 0.15) is 39.2 Å². The molecule has 0 N–H and O–H groups in total. The first-order valence-electron chi connectivity index (χ1n) is 10.8. The minimum Gasteiger partial charge on any atom is -0.492 e. The van der Waals surface area contributed by atoms with Crippen LogP contribution in [0.15, 0.2) is 35.6 Å². The van der Waals surface area contributed by atoms with Crippen molar-refractivity contribution in [3.8, 4) is 17.0 Å². The van der Waals surface area contributed by atoms with E-state index in [-0.39, 0.29) is 29.0 Å². The van der Waals surface area contributed by atoms with Crippen molar-refractivity contribution < 1.29 is 27.9 Å². The lowest BCUT2D eigenvalue weighted by molar-refractivity contribution is 0.0165. The molecule has 1 fully saturated rings. The highest BCUT2D eigenvalue weighted by molar-refractivity contribution is 5.80. The number of aromatic nitrogens is 1. The van der Waals surface area contributed by atoms with Crippen molar-refractivity contribution in [3.05, 3.63) is 47.7 Å². The maximum atomic E-state index is 14.6. The highest BCUT2D eigenvalue weighted by Crippen LogP contribution is 2.27. The molecule has 33 heavy (non-hydrogen) atoms. The fourth-order valence-corrected chi connectivity index (χ4v) is 3.44. The molecular formula is C24H29F2N3O4. The third-order valence-corrected chi connectivity index (χ3v) is 5.12. The summed E-state index contributed by atoms with van der Waals surface area (Å²) in [5, 5.41) is 3.58. The first-order chi connectivity index (χ1) is 15.7. The molecule has 7 nitrogen and oxygen atoms in total. The van der Waals surface area contributed by atoms with E-state index in [0.717, 1.165) is 12.8 Å². The molecule has 1 aromatic carbocycles. The minimum atomic E-state index is -0.676. The zero-order chi connectivity index (χ0) is 24.0. The van der Waals surface area contributed by atoms with Crippen LogP contribution in [0.4, 0.5) is 13.6 Å². The average molecular weight is 462 g/mol. The van der Waals surface area contributed by atoms with Crippen LogP contribution < -0.4 is 4.74 Å². The number of carbonyl (C=O) groups is 1. The summed E-state index contributed by atoms with van der Waals surface area (Å²) in [6.45, 7) is 7.06. The lowest BCUT2D eigenvalue weighted by Crippen LogP contribution is -2.42. The number of rotatable bonds is 6. The van der Waals surface area contributed by atoms with Gasteiger partial charge in [0.2, 0.25) is 0 Å². The van der Waals surface area contributed by atoms with Gasteiger partial charge in [-0.1, -0.05) is 11.2 Å². The maximum Gasteiger partial charge on any atom is 0.410 e. The quantitative estimate of drug-likeness (QED) is 0.446. The molecule has 2 heterocycles. The average Bonchev–Trinajstić information content (AvgIpc) is 2.76. The number of piperidine rings is 1. The number of oxime groups is 1. The van der Waals surface area contributed by atoms with Crippen LogP contribution >= 0.6 is 0 Å². The fourth-order valence-electron chi connectivity index (χ4n) is 3.44. The summed E-state index contributed by atoms with van der Waals surface area (Å²) in [7, 11) is 1.39. The molecule has 0 spiro atoms. The molecule has 0 unspecified atom stereocenters. The first-order valence-corrected chi connectivity index (χ1v) is 10.8. The van der Waals surface area contributed by atoms with Gasteiger partial charge in [-0.25, -0.2) is 18.6 Å². The molecule has 1 aliphatic heterocycles. The number of amides is 1. The van der Waals surface area contributed by atoms with Gasteiger partial charge < -0.3 is 19.2 Å². The highest BCUT2D eigenvalue weighted by Gasteiger charge is 2.27. The number of pyridine rings is 1. The Kier molecular flexibility index (Phi) is 7.84. The number of nitrogens with zero attached hydrogens (tertiary/aromatic N) is 3. The number of hydrogen-bond donors (Lipinski definition) is 0. The van der Waals surface area contributed by atoms with E-state index in [4.69, 9.17) is 9.47 Å². The molecule has 9 heteroatoms. The lowest BCUT2D eigenvalue weighted by Gasteiger charge is -2.33. The minimum absolute atomic E-state index is 0.0446. The number of hydrogen-bond acceptors (Lipinski definition) is 6. The van der Waals surface area contributed by atoms with Crippen molar-refractivity contribution in [1.29, 1.82) is 0 Å². The molecule has 3 rings (SSSR count). The van der Waals surface area contributed by atoms with E-state index in [0.29, 0.717) is 25.3 Å². The third-order valence-electron chi connectivity index (χ3n) is 5.12. The SMILES string of the molecule is CO/N=C/c1ccc(-c2ncc(OCC3CCN(C(=O)OC(C)(C)C)CC3)cc2F)c(F)c1. The molecule has 178 valence electrons. The molecule has 1 saturated heterocycles. The van der Waals surface area contributed by atoms with Crippen LogP contribution in [0.3, 0.4) is 0 Å². The molecule has 0 saturated carbocycles. The van der Waals surface area contributed by atoms with Gasteiger partial charge in [0.25, 0.3) is 0 Å². The van der Waals surface area contributed by atoms with Gasteiger partial charge in [0.15, 0.2) is 5.82 Å². The second-order valence-corrected chi connectivity index (χ2v) is 8.88. The summed E-state index contributed by atoms with van der Waals surface area (Å²) in [5.74, 6) is -0.795. The summed E-state index contributed by atoms with van der Waals surface area (Å²) in [6, 6.07) is 5.47. The van der Waals surface area contributed by atoms with Gasteiger partial charge in [-0.15, -0.1) is 0 Å². The van der Waals surface area contributed by atoms with Crippen molar-refractivity contribution in [2.75, 3.05) is 26.8 Å². The van der Waals surface area contributed by atoms with Crippen LogP contribution in [-0.4, -0.2) is 54.6 Å². The zero-order valence-electron chi connectivity index (χ0n) is 19.3. The Labute approximate surface area is 192 Å². The van der Waals surface area contributed by atoms with Gasteiger partial charge in [-0.05, 0) is 57.2 Å². The van der Waals surface area contributed by atoms with E-state index < -0.39 is 17.2 Å². The Morgan fingerprint density at radius 1 is 1.21 bits per heavy atom. The van der Waals surface area contributed by atoms with Crippen LogP contribution in [0.5, 0.6) is 5.75 Å². The van der Waals surface area contributed by atoms with Crippen molar-refractivity contribution in [2.45, 2.75) is 39.2 Å². The van der Waals surface area contributed by atoms with Crippen molar-refractivity contribution in [2.24, 2.45) is 11.1 Å². The monoisotopic (exact) mass is 461 g/mol. The largest absolute Gasteiger partial charge is 0.492 e. The molecule has 0 atom stereocenters. The zero-order valence-corrected chi connectivity index (χ0v) is 19.3. The van der Waals surface area contributed by atoms with Gasteiger partial charge in [0.1, 0.15) is 30.0 Å². The standard InChI is InChI=1S/C24H29F2N3O4/c1-24(2,3)33-23(30)29-9-7-16(8-10-29)15-32-18-12-21(26)22(27-14-18)19-6-5-17(11-20(19)25)13-28-31-4/h5-6,11-14,16H,7-10,15H2,1-4H3/b28-13+. The number of benzene rings is 1. The van der Waals surface area contributed by atoms with E-state index in [1.165, 1.54) is 37.7 Å². The fraction of sp³-hybridized carbons (Fsp3) is 0.458. The predicted molar refractivity (Wildman–Crippen MR) is 120 cm³/mol. The lowest BCUT2D eigenvalue weighted by atomic mass is 9.98. The second-order valence-electron chi connectivity index (χ2n) is 8.88. The van der Waals surface area contributed by atoms with Crippen molar-refractivity contribution in [3.63, 3.8) is 0 Å². The van der Waals surface area contributed by atoms with Gasteiger partial charge in [-0.3, -0.25) is 0 Å². The summed E-state index contributed by atoms with van der Waals surface area (Å²) >= 11 is 0. The number of halogens is 2. The molecule has 0 aliphatic carbocycles. The topological polar surface area (TPSA) is 73.3 Å². The maximum absolute atomic E-state index is 14.6. The molecular weight excluding hydrogens is 432 g/mol. The van der Waals surface area contributed by atoms with E-state index in [1.807, 2.05) is 20.8 Å². The Hall–Kier alpha value is -3.23. The van der Waals surface area contributed by atoms with E-state index in [1.54, 1.807) is 11.0 Å². The first kappa shape index (κ1) is 24.4. The summed E-state index contributed by atoms with van der Waals surface area (Å²) in [4.78, 5) is 22.5. The van der Waals surface area contributed by atoms with E-state index in [9.17, 15) is 13.6 Å². The normalized spacial score (nSPS) is 15.0. The summed E-state index contributed by atoms with van der Waals surface area (Å²) in [5.41, 5.74) is -0.0937. The summed E-state index contributed by atoms with van der Waals surface area (Å²) in [6.07, 6.45) is 3.95. The van der Waals surface area contributed by atoms with Crippen molar-refractivity contribution in [1.82, 2.24) is 9.88 Å². The van der Waals surface area contributed by atoms with Crippen LogP contribution in [0.25, 0.3) is 11.3 Å². The molecule has 1 aliphatic rings. The highest BCUT2D eigenvalue weighted by atomic mass is 19.1. The third kappa shape index (κ3) is 6.87. The van der Waals surface area contributed by atoms with Gasteiger partial charge in [-0.2, -0.15) is 0 Å². The number of carbonyl (C=O) groups excluding carboxylic acids is 1. The molecule has 1 aromatic heterocycles. The Morgan fingerprint density at radius 3 is 2.55 bits per heavy atom. The van der Waals surface area contributed by atoms with Gasteiger partial charge in [0, 0.05) is 24.7 Å². The Balaban J connectivity index is 1.55. The van der Waals surface area contributed by atoms with Crippen LogP contribution in [0, 0.1) is 17.6 Å². The molecule has 2 aromatic rings. The smallest absolute Gasteiger partial charge is 0.410 e. The molecule has 0 bridgehead atoms. The van der Waals surface area contributed by atoms with Crippen LogP contribution in [0.2, 0.25) is 0 Å². The van der Waals surface area contributed by atoms with E-state index >= 15 is 0 Å². The number of likely N-dealkylation sites (tertiary alicyclic amines) is 1. The summed E-state index contributed by atoms with van der Waals surface area (Å²) < 4.78 is 40.2. The predicted octanol–water partition coefficient (Wildman–Crippen LogP) is 5.03. The Morgan fingerprint density at radius 2 is 1.94 bits per heavy atom. The van der Waals surface area contributed by atoms with E-state index in [2.05, 4.69) is 15.0 Å². The van der Waals surface area contributed by atoms with Crippen molar-refractivity contribution >= 4 is 12.3 Å². The number of ether oxygens (including phenoxy) is 2. The van der Waals surface area contributed by atoms with Gasteiger partial charge in [0.05, 0.1) is 19.0 Å². The van der Waals surface area contributed by atoms with Gasteiger partial charge >= 0.3 is 6.09 Å². The molecule has 0 radical (unpaired) electrons. The Bertz CT molecular complexity index is 1000.